The number of amides is 3. The number of aromatic nitrogens is 1. The van der Waals surface area contributed by atoms with Crippen molar-refractivity contribution in [1.29, 1.82) is 0 Å². The fraction of sp³-hybridized carbons (Fsp3) is 0.444. The number of likely N-dealkylation sites (tertiary alicyclic amines) is 1. The first-order valence-corrected chi connectivity index (χ1v) is 8.66. The third-order valence-corrected chi connectivity index (χ3v) is 5.28. The number of carbonyl (C=O) groups is 2. The van der Waals surface area contributed by atoms with E-state index in [-0.39, 0.29) is 30.1 Å². The van der Waals surface area contributed by atoms with Crippen molar-refractivity contribution >= 4 is 23.0 Å². The zero-order chi connectivity index (χ0) is 18.4. The molecule has 2 fully saturated rings. The van der Waals surface area contributed by atoms with Crippen LogP contribution in [0.3, 0.4) is 0 Å². The largest absolute Gasteiger partial charge is 0.442 e. The minimum absolute atomic E-state index is 0.0697. The summed E-state index contributed by atoms with van der Waals surface area (Å²) in [7, 11) is 1.69. The Hall–Kier alpha value is -2.77. The Labute approximate surface area is 150 Å². The van der Waals surface area contributed by atoms with Crippen LogP contribution in [0, 0.1) is 12.7 Å². The summed E-state index contributed by atoms with van der Waals surface area (Å²) in [6, 6.07) is 3.09. The van der Waals surface area contributed by atoms with Crippen LogP contribution in [0.5, 0.6) is 0 Å². The average molecular weight is 360 g/mol. The lowest BCUT2D eigenvalue weighted by Crippen LogP contribution is -2.42. The number of nitrogens with one attached hydrogen (secondary N) is 2. The van der Waals surface area contributed by atoms with Gasteiger partial charge in [-0.1, -0.05) is 0 Å². The molecule has 0 radical (unpaired) electrons. The standard InChI is InChI=1S/C18H21FN4O3/c1-10-5-12-11(7-21-14(12)6-13(10)19)3-4-20-17(24)23-8-15-16(9-23)26-18(25)22(15)2/h5-7,15-16,21H,3-4,8-9H2,1-2H3,(H,20,24)/t15-,16+/m1/s1. The van der Waals surface area contributed by atoms with Gasteiger partial charge in [0.25, 0.3) is 0 Å². The van der Waals surface area contributed by atoms with E-state index >= 15 is 0 Å². The molecule has 2 atom stereocenters. The number of carbonyl (C=O) groups excluding carboxylic acids is 2. The van der Waals surface area contributed by atoms with Crippen molar-refractivity contribution in [3.05, 3.63) is 35.3 Å². The number of nitrogens with zero attached hydrogens (tertiary/aromatic N) is 2. The zero-order valence-electron chi connectivity index (χ0n) is 14.7. The lowest BCUT2D eigenvalue weighted by molar-refractivity contribution is 0.125. The number of ether oxygens (including phenoxy) is 1. The summed E-state index contributed by atoms with van der Waals surface area (Å²) in [4.78, 5) is 30.1. The Kier molecular flexibility index (Phi) is 3.97. The monoisotopic (exact) mass is 360 g/mol. The summed E-state index contributed by atoms with van der Waals surface area (Å²) in [6.07, 6.45) is 1.92. The fourth-order valence-electron chi connectivity index (χ4n) is 3.69. The van der Waals surface area contributed by atoms with Crippen molar-refractivity contribution in [3.8, 4) is 0 Å². The number of benzene rings is 1. The Morgan fingerprint density at radius 2 is 2.23 bits per heavy atom. The summed E-state index contributed by atoms with van der Waals surface area (Å²) in [5, 5.41) is 3.88. The molecule has 8 heteroatoms. The van der Waals surface area contributed by atoms with Crippen LogP contribution in [0.2, 0.25) is 0 Å². The van der Waals surface area contributed by atoms with Crippen LogP contribution in [0.1, 0.15) is 11.1 Å². The minimum Gasteiger partial charge on any atom is -0.442 e. The van der Waals surface area contributed by atoms with E-state index in [2.05, 4.69) is 10.3 Å². The third-order valence-electron chi connectivity index (χ3n) is 5.28. The van der Waals surface area contributed by atoms with Crippen molar-refractivity contribution in [2.24, 2.45) is 0 Å². The number of rotatable bonds is 3. The smallest absolute Gasteiger partial charge is 0.410 e. The maximum atomic E-state index is 13.6. The van der Waals surface area contributed by atoms with Crippen molar-refractivity contribution in [2.75, 3.05) is 26.7 Å². The number of hydrogen-bond donors (Lipinski definition) is 2. The number of urea groups is 1. The topological polar surface area (TPSA) is 77.7 Å². The van der Waals surface area contributed by atoms with E-state index in [1.54, 1.807) is 23.8 Å². The zero-order valence-corrected chi connectivity index (χ0v) is 14.7. The van der Waals surface area contributed by atoms with Gasteiger partial charge in [-0.05, 0) is 36.6 Å². The average Bonchev–Trinajstić information content (AvgIpc) is 3.25. The van der Waals surface area contributed by atoms with Gasteiger partial charge in [-0.3, -0.25) is 0 Å². The molecular weight excluding hydrogens is 339 g/mol. The molecule has 2 N–H and O–H groups in total. The van der Waals surface area contributed by atoms with Gasteiger partial charge in [-0.15, -0.1) is 0 Å². The maximum absolute atomic E-state index is 13.6. The van der Waals surface area contributed by atoms with E-state index in [0.717, 1.165) is 16.5 Å². The van der Waals surface area contributed by atoms with Gasteiger partial charge in [0.05, 0.1) is 12.6 Å². The van der Waals surface area contributed by atoms with Crippen LogP contribution in [-0.2, 0) is 11.2 Å². The molecule has 1 aromatic carbocycles. The molecule has 1 aromatic heterocycles. The third kappa shape index (κ3) is 2.75. The van der Waals surface area contributed by atoms with Gasteiger partial charge in [0.2, 0.25) is 0 Å². The molecule has 0 spiro atoms. The molecule has 2 aliphatic heterocycles. The second-order valence-electron chi connectivity index (χ2n) is 6.95. The molecule has 26 heavy (non-hydrogen) atoms. The quantitative estimate of drug-likeness (QED) is 0.879. The van der Waals surface area contributed by atoms with Crippen LogP contribution >= 0.6 is 0 Å². The van der Waals surface area contributed by atoms with Gasteiger partial charge in [0.1, 0.15) is 11.9 Å². The highest BCUT2D eigenvalue weighted by atomic mass is 19.1. The predicted molar refractivity (Wildman–Crippen MR) is 93.5 cm³/mol. The molecule has 2 saturated heterocycles. The molecular formula is C18H21FN4O3. The van der Waals surface area contributed by atoms with E-state index in [1.807, 2.05) is 12.3 Å². The van der Waals surface area contributed by atoms with Crippen LogP contribution in [0.15, 0.2) is 18.3 Å². The second-order valence-corrected chi connectivity index (χ2v) is 6.95. The van der Waals surface area contributed by atoms with E-state index in [1.165, 1.54) is 6.07 Å². The molecule has 3 amide bonds. The van der Waals surface area contributed by atoms with Crippen LogP contribution < -0.4 is 5.32 Å². The number of likely N-dealkylation sites (N-methyl/N-ethyl adjacent to an activating group) is 1. The number of aromatic amines is 1. The van der Waals surface area contributed by atoms with Crippen molar-refractivity contribution in [3.63, 3.8) is 0 Å². The molecule has 2 aromatic rings. The van der Waals surface area contributed by atoms with Gasteiger partial charge in [-0.25, -0.2) is 14.0 Å². The summed E-state index contributed by atoms with van der Waals surface area (Å²) in [5.41, 5.74) is 2.40. The highest BCUT2D eigenvalue weighted by Gasteiger charge is 2.47. The van der Waals surface area contributed by atoms with E-state index in [9.17, 15) is 14.0 Å². The van der Waals surface area contributed by atoms with Gasteiger partial charge in [0, 0.05) is 37.2 Å². The second kappa shape index (κ2) is 6.19. The van der Waals surface area contributed by atoms with E-state index in [0.29, 0.717) is 31.6 Å². The van der Waals surface area contributed by atoms with Crippen molar-refractivity contribution < 1.29 is 18.7 Å². The van der Waals surface area contributed by atoms with Crippen LogP contribution in [-0.4, -0.2) is 65.7 Å². The van der Waals surface area contributed by atoms with Crippen molar-refractivity contribution in [2.45, 2.75) is 25.5 Å². The Morgan fingerprint density at radius 3 is 3.00 bits per heavy atom. The fourth-order valence-corrected chi connectivity index (χ4v) is 3.69. The molecule has 4 rings (SSSR count). The predicted octanol–water partition coefficient (Wildman–Crippen LogP) is 2.00. The first kappa shape index (κ1) is 16.7. The summed E-state index contributed by atoms with van der Waals surface area (Å²) in [6.45, 7) is 3.10. The van der Waals surface area contributed by atoms with Crippen LogP contribution in [0.25, 0.3) is 10.9 Å². The molecule has 2 aliphatic rings. The summed E-state index contributed by atoms with van der Waals surface area (Å²) in [5.74, 6) is -0.232. The number of hydrogen-bond acceptors (Lipinski definition) is 3. The van der Waals surface area contributed by atoms with Crippen LogP contribution in [0.4, 0.5) is 14.0 Å². The highest BCUT2D eigenvalue weighted by Crippen LogP contribution is 2.25. The molecule has 0 aliphatic carbocycles. The first-order valence-electron chi connectivity index (χ1n) is 8.66. The van der Waals surface area contributed by atoms with E-state index in [4.69, 9.17) is 4.74 Å². The number of fused-ring (bicyclic) bond motifs is 2. The molecule has 7 nitrogen and oxygen atoms in total. The lowest BCUT2D eigenvalue weighted by atomic mass is 10.1. The first-order chi connectivity index (χ1) is 12.4. The normalized spacial score (nSPS) is 22.0. The Balaban J connectivity index is 1.34. The molecule has 3 heterocycles. The highest BCUT2D eigenvalue weighted by molar-refractivity contribution is 5.84. The van der Waals surface area contributed by atoms with Gasteiger partial charge < -0.3 is 24.8 Å². The molecule has 0 unspecified atom stereocenters. The summed E-state index contributed by atoms with van der Waals surface area (Å²) >= 11 is 0. The van der Waals surface area contributed by atoms with E-state index < -0.39 is 0 Å². The molecule has 0 bridgehead atoms. The Morgan fingerprint density at radius 1 is 1.42 bits per heavy atom. The van der Waals surface area contributed by atoms with Gasteiger partial charge >= 0.3 is 12.1 Å². The van der Waals surface area contributed by atoms with Gasteiger partial charge in [-0.2, -0.15) is 0 Å². The maximum Gasteiger partial charge on any atom is 0.410 e. The minimum atomic E-state index is -0.328. The number of aryl methyl sites for hydroxylation is 1. The lowest BCUT2D eigenvalue weighted by Gasteiger charge is -2.19. The number of H-pyrrole nitrogens is 1. The Bertz CT molecular complexity index is 881. The SMILES string of the molecule is Cc1cc2c(CCNC(=O)N3C[C@@H]4OC(=O)N(C)[C@@H]4C3)c[nH]c2cc1F. The molecule has 0 saturated carbocycles. The van der Waals surface area contributed by atoms with Crippen molar-refractivity contribution in [1.82, 2.24) is 20.1 Å². The number of halogens is 1. The summed E-state index contributed by atoms with van der Waals surface area (Å²) < 4.78 is 18.9. The molecule has 138 valence electrons. The van der Waals surface area contributed by atoms with Gasteiger partial charge in [0.15, 0.2) is 0 Å².